The van der Waals surface area contributed by atoms with Gasteiger partial charge in [-0.05, 0) is 31.5 Å². The van der Waals surface area contributed by atoms with Crippen molar-refractivity contribution >= 4 is 5.97 Å². The molecule has 1 rings (SSSR count). The number of hydrogen-bond acceptors (Lipinski definition) is 6. The molecule has 1 N–H and O–H groups in total. The number of nitrogens with one attached hydrogen (secondary N) is 1. The van der Waals surface area contributed by atoms with Gasteiger partial charge in [-0.2, -0.15) is 0 Å². The third kappa shape index (κ3) is 7.75. The highest BCUT2D eigenvalue weighted by Gasteiger charge is 2.04. The zero-order valence-corrected chi connectivity index (χ0v) is 12.8. The third-order valence-corrected chi connectivity index (χ3v) is 2.88. The molecule has 0 amide bonds. The number of rotatable bonds is 11. The van der Waals surface area contributed by atoms with Crippen molar-refractivity contribution in [2.45, 2.75) is 19.4 Å². The van der Waals surface area contributed by atoms with Crippen molar-refractivity contribution in [2.24, 2.45) is 0 Å². The Morgan fingerprint density at radius 2 is 2.05 bits per heavy atom. The second-order valence-corrected chi connectivity index (χ2v) is 4.52. The van der Waals surface area contributed by atoms with Gasteiger partial charge in [-0.25, -0.2) is 4.79 Å². The number of unbranched alkanes of at least 4 members (excludes halogenated alkanes) is 1. The normalized spacial score (nSPS) is 10.6. The van der Waals surface area contributed by atoms with Crippen molar-refractivity contribution in [1.29, 1.82) is 0 Å². The number of aromatic nitrogens is 1. The number of esters is 1. The van der Waals surface area contributed by atoms with Crippen LogP contribution < -0.4 is 5.32 Å². The minimum absolute atomic E-state index is 0.365. The number of carbonyl (C=O) groups excluding carboxylic acids is 1. The van der Waals surface area contributed by atoms with Crippen molar-refractivity contribution in [3.63, 3.8) is 0 Å². The van der Waals surface area contributed by atoms with Gasteiger partial charge in [-0.15, -0.1) is 0 Å². The molecule has 0 unspecified atom stereocenters. The third-order valence-electron chi connectivity index (χ3n) is 2.88. The first-order chi connectivity index (χ1) is 10.3. The van der Waals surface area contributed by atoms with Gasteiger partial charge in [0.25, 0.3) is 0 Å². The van der Waals surface area contributed by atoms with Gasteiger partial charge in [-0.3, -0.25) is 4.98 Å². The van der Waals surface area contributed by atoms with Gasteiger partial charge in [0.05, 0.1) is 31.6 Å². The molecular weight excluding hydrogens is 272 g/mol. The largest absolute Gasteiger partial charge is 0.465 e. The van der Waals surface area contributed by atoms with Gasteiger partial charge < -0.3 is 19.5 Å². The maximum absolute atomic E-state index is 11.3. The Morgan fingerprint density at radius 1 is 1.19 bits per heavy atom. The summed E-state index contributed by atoms with van der Waals surface area (Å²) in [6.45, 7) is 3.66. The molecule has 0 fully saturated rings. The summed E-state index contributed by atoms with van der Waals surface area (Å²) in [5.74, 6) is -0.365. The van der Waals surface area contributed by atoms with Crippen LogP contribution >= 0.6 is 0 Å². The molecule has 1 aromatic heterocycles. The van der Waals surface area contributed by atoms with Gasteiger partial charge in [-0.1, -0.05) is 0 Å². The minimum Gasteiger partial charge on any atom is -0.465 e. The molecular formula is C15H24N2O4. The van der Waals surface area contributed by atoms with Crippen LogP contribution in [0.5, 0.6) is 0 Å². The minimum atomic E-state index is -0.365. The van der Waals surface area contributed by atoms with E-state index < -0.39 is 0 Å². The molecule has 6 nitrogen and oxygen atoms in total. The van der Waals surface area contributed by atoms with Gasteiger partial charge >= 0.3 is 5.97 Å². The molecule has 0 radical (unpaired) electrons. The molecule has 0 bridgehead atoms. The van der Waals surface area contributed by atoms with Gasteiger partial charge in [0, 0.05) is 26.5 Å². The van der Waals surface area contributed by atoms with Crippen LogP contribution in [-0.4, -0.2) is 51.5 Å². The highest BCUT2D eigenvalue weighted by Crippen LogP contribution is 2.02. The Morgan fingerprint density at radius 3 is 2.71 bits per heavy atom. The fourth-order valence-corrected chi connectivity index (χ4v) is 1.68. The van der Waals surface area contributed by atoms with Crippen molar-refractivity contribution < 1.29 is 19.0 Å². The van der Waals surface area contributed by atoms with E-state index >= 15 is 0 Å². The molecule has 1 heterocycles. The fourth-order valence-electron chi connectivity index (χ4n) is 1.68. The predicted molar refractivity (Wildman–Crippen MR) is 79.2 cm³/mol. The van der Waals surface area contributed by atoms with Crippen LogP contribution in [0.3, 0.4) is 0 Å². The topological polar surface area (TPSA) is 69.7 Å². The number of ether oxygens (including phenoxy) is 3. The summed E-state index contributed by atoms with van der Waals surface area (Å²) in [5.41, 5.74) is 1.37. The van der Waals surface area contributed by atoms with E-state index in [0.717, 1.165) is 31.7 Å². The van der Waals surface area contributed by atoms with Crippen LogP contribution in [0.1, 0.15) is 28.9 Å². The van der Waals surface area contributed by atoms with Crippen LogP contribution in [0.4, 0.5) is 0 Å². The average Bonchev–Trinajstić information content (AvgIpc) is 2.53. The molecule has 0 saturated carbocycles. The monoisotopic (exact) mass is 296 g/mol. The summed E-state index contributed by atoms with van der Waals surface area (Å²) >= 11 is 0. The molecule has 1 aromatic rings. The Balaban J connectivity index is 2.06. The molecule has 0 saturated heterocycles. The number of carbonyl (C=O) groups is 1. The average molecular weight is 296 g/mol. The predicted octanol–water partition coefficient (Wildman–Crippen LogP) is 1.40. The summed E-state index contributed by atoms with van der Waals surface area (Å²) < 4.78 is 14.9. The van der Waals surface area contributed by atoms with E-state index in [2.05, 4.69) is 15.0 Å². The van der Waals surface area contributed by atoms with Gasteiger partial charge in [0.1, 0.15) is 0 Å². The van der Waals surface area contributed by atoms with Crippen LogP contribution in [0, 0.1) is 0 Å². The van der Waals surface area contributed by atoms with Gasteiger partial charge in [0.2, 0.25) is 0 Å². The van der Waals surface area contributed by atoms with E-state index in [9.17, 15) is 4.79 Å². The second kappa shape index (κ2) is 11.2. The smallest absolute Gasteiger partial charge is 0.339 e. The standard InChI is InChI=1S/C15H24N2O4/c1-19-9-10-21-8-4-3-7-16-12-14-6-5-13(11-17-14)15(18)20-2/h5-6,11,16H,3-4,7-10,12H2,1-2H3. The fraction of sp³-hybridized carbons (Fsp3) is 0.600. The maximum atomic E-state index is 11.3. The summed E-state index contributed by atoms with van der Waals surface area (Å²) in [7, 11) is 3.02. The maximum Gasteiger partial charge on any atom is 0.339 e. The lowest BCUT2D eigenvalue weighted by atomic mass is 10.2. The van der Waals surface area contributed by atoms with E-state index in [4.69, 9.17) is 9.47 Å². The Hall–Kier alpha value is -1.50. The molecule has 0 aromatic carbocycles. The summed E-state index contributed by atoms with van der Waals surface area (Å²) in [5, 5.41) is 3.31. The first-order valence-electron chi connectivity index (χ1n) is 7.08. The lowest BCUT2D eigenvalue weighted by Gasteiger charge is -2.06. The van der Waals surface area contributed by atoms with Gasteiger partial charge in [0.15, 0.2) is 0 Å². The first kappa shape index (κ1) is 17.6. The summed E-state index contributed by atoms with van der Waals surface area (Å²) in [6, 6.07) is 3.55. The lowest BCUT2D eigenvalue weighted by molar-refractivity contribution is 0.0600. The molecule has 0 spiro atoms. The lowest BCUT2D eigenvalue weighted by Crippen LogP contribution is -2.16. The molecule has 6 heteroatoms. The summed E-state index contributed by atoms with van der Waals surface area (Å²) in [6.07, 6.45) is 3.60. The first-order valence-corrected chi connectivity index (χ1v) is 7.08. The number of nitrogens with zero attached hydrogens (tertiary/aromatic N) is 1. The Labute approximate surface area is 125 Å². The molecule has 118 valence electrons. The molecule has 0 aliphatic heterocycles. The highest BCUT2D eigenvalue weighted by molar-refractivity contribution is 5.88. The van der Waals surface area contributed by atoms with E-state index in [0.29, 0.717) is 25.3 Å². The summed E-state index contributed by atoms with van der Waals surface area (Å²) in [4.78, 5) is 15.5. The number of hydrogen-bond donors (Lipinski definition) is 1. The SMILES string of the molecule is COCCOCCCCNCc1ccc(C(=O)OC)cn1. The van der Waals surface area contributed by atoms with Crippen LogP contribution in [0.2, 0.25) is 0 Å². The van der Waals surface area contributed by atoms with Crippen molar-refractivity contribution in [2.75, 3.05) is 40.6 Å². The Kier molecular flexibility index (Phi) is 9.35. The zero-order valence-electron chi connectivity index (χ0n) is 12.8. The van der Waals surface area contributed by atoms with Crippen LogP contribution in [0.25, 0.3) is 0 Å². The molecule has 0 aliphatic rings. The van der Waals surface area contributed by atoms with Crippen LogP contribution in [0.15, 0.2) is 18.3 Å². The second-order valence-electron chi connectivity index (χ2n) is 4.52. The zero-order chi connectivity index (χ0) is 15.3. The van der Waals surface area contributed by atoms with E-state index in [-0.39, 0.29) is 5.97 Å². The number of methoxy groups -OCH3 is 2. The van der Waals surface area contributed by atoms with E-state index in [1.54, 1.807) is 13.2 Å². The molecule has 0 atom stereocenters. The molecule has 21 heavy (non-hydrogen) atoms. The Bertz CT molecular complexity index is 395. The van der Waals surface area contributed by atoms with E-state index in [1.165, 1.54) is 13.3 Å². The molecule has 0 aliphatic carbocycles. The van der Waals surface area contributed by atoms with E-state index in [1.807, 2.05) is 6.07 Å². The highest BCUT2D eigenvalue weighted by atomic mass is 16.5. The number of pyridine rings is 1. The quantitative estimate of drug-likeness (QED) is 0.492. The van der Waals surface area contributed by atoms with Crippen molar-refractivity contribution in [3.8, 4) is 0 Å². The van der Waals surface area contributed by atoms with Crippen molar-refractivity contribution in [1.82, 2.24) is 10.3 Å². The van der Waals surface area contributed by atoms with Crippen LogP contribution in [-0.2, 0) is 20.8 Å². The van der Waals surface area contributed by atoms with Crippen molar-refractivity contribution in [3.05, 3.63) is 29.6 Å².